The normalized spacial score (nSPS) is 11.6. The molecule has 0 spiro atoms. The van der Waals surface area contributed by atoms with Gasteiger partial charge in [0, 0.05) is 0 Å². The van der Waals surface area contributed by atoms with Gasteiger partial charge in [0.15, 0.2) is 0 Å². The largest absolute Gasteiger partial charge is 0.465 e. The first-order chi connectivity index (χ1) is 8.08. The number of esters is 1. The van der Waals surface area contributed by atoms with Gasteiger partial charge in [-0.2, -0.15) is 5.26 Å². The SMILES string of the molecule is CCOC(=O)C(C#N)Cc1cc(C)ccc1C. The lowest BCUT2D eigenvalue weighted by Crippen LogP contribution is -2.18. The van der Waals surface area contributed by atoms with Gasteiger partial charge in [-0.15, -0.1) is 0 Å². The van der Waals surface area contributed by atoms with E-state index in [4.69, 9.17) is 10.00 Å². The summed E-state index contributed by atoms with van der Waals surface area (Å²) in [7, 11) is 0. The van der Waals surface area contributed by atoms with Crippen LogP contribution in [0.1, 0.15) is 23.6 Å². The topological polar surface area (TPSA) is 50.1 Å². The molecule has 0 N–H and O–H groups in total. The number of benzene rings is 1. The van der Waals surface area contributed by atoms with E-state index in [1.54, 1.807) is 6.92 Å². The molecule has 1 atom stereocenters. The summed E-state index contributed by atoms with van der Waals surface area (Å²) in [4.78, 5) is 11.5. The van der Waals surface area contributed by atoms with E-state index in [9.17, 15) is 4.79 Å². The van der Waals surface area contributed by atoms with Gasteiger partial charge in [-0.25, -0.2) is 0 Å². The van der Waals surface area contributed by atoms with Crippen molar-refractivity contribution in [3.8, 4) is 6.07 Å². The number of carbonyl (C=O) groups is 1. The molecule has 0 saturated carbocycles. The highest BCUT2D eigenvalue weighted by molar-refractivity contribution is 5.75. The molecule has 0 radical (unpaired) electrons. The van der Waals surface area contributed by atoms with Crippen molar-refractivity contribution in [3.05, 3.63) is 34.9 Å². The summed E-state index contributed by atoms with van der Waals surface area (Å²) in [6, 6.07) is 8.04. The van der Waals surface area contributed by atoms with Crippen LogP contribution >= 0.6 is 0 Å². The summed E-state index contributed by atoms with van der Waals surface area (Å²) in [6.45, 7) is 6.02. The van der Waals surface area contributed by atoms with Crippen molar-refractivity contribution in [1.82, 2.24) is 0 Å². The summed E-state index contributed by atoms with van der Waals surface area (Å²) in [5.41, 5.74) is 3.26. The molecule has 1 unspecified atom stereocenters. The van der Waals surface area contributed by atoms with Crippen molar-refractivity contribution in [2.45, 2.75) is 27.2 Å². The van der Waals surface area contributed by atoms with Crippen LogP contribution in [0.25, 0.3) is 0 Å². The molecular weight excluding hydrogens is 214 g/mol. The van der Waals surface area contributed by atoms with Crippen LogP contribution in [0.4, 0.5) is 0 Å². The Morgan fingerprint density at radius 3 is 2.76 bits per heavy atom. The minimum atomic E-state index is -0.713. The Kier molecular flexibility index (Phi) is 4.71. The van der Waals surface area contributed by atoms with Crippen LogP contribution in [0.2, 0.25) is 0 Å². The summed E-state index contributed by atoms with van der Waals surface area (Å²) in [5, 5.41) is 8.99. The molecule has 0 heterocycles. The quantitative estimate of drug-likeness (QED) is 0.748. The average molecular weight is 231 g/mol. The Balaban J connectivity index is 2.85. The number of hydrogen-bond donors (Lipinski definition) is 0. The number of nitriles is 1. The Morgan fingerprint density at radius 2 is 2.18 bits per heavy atom. The fourth-order valence-corrected chi connectivity index (χ4v) is 1.66. The Bertz CT molecular complexity index is 446. The van der Waals surface area contributed by atoms with E-state index in [1.165, 1.54) is 0 Å². The molecule has 0 aliphatic carbocycles. The lowest BCUT2D eigenvalue weighted by atomic mass is 9.96. The zero-order chi connectivity index (χ0) is 12.8. The third-order valence-electron chi connectivity index (χ3n) is 2.66. The summed E-state index contributed by atoms with van der Waals surface area (Å²) in [6.07, 6.45) is 0.419. The molecule has 3 heteroatoms. The minimum Gasteiger partial charge on any atom is -0.465 e. The summed E-state index contributed by atoms with van der Waals surface area (Å²) >= 11 is 0. The fraction of sp³-hybridized carbons (Fsp3) is 0.429. The van der Waals surface area contributed by atoms with Gasteiger partial charge in [-0.05, 0) is 38.3 Å². The van der Waals surface area contributed by atoms with Crippen molar-refractivity contribution in [1.29, 1.82) is 5.26 Å². The van der Waals surface area contributed by atoms with E-state index < -0.39 is 11.9 Å². The highest BCUT2D eigenvalue weighted by Crippen LogP contribution is 2.16. The molecular formula is C14H17NO2. The van der Waals surface area contributed by atoms with Gasteiger partial charge in [0.1, 0.15) is 5.92 Å². The van der Waals surface area contributed by atoms with Crippen molar-refractivity contribution in [2.24, 2.45) is 5.92 Å². The van der Waals surface area contributed by atoms with Gasteiger partial charge in [0.2, 0.25) is 0 Å². The predicted molar refractivity (Wildman–Crippen MR) is 65.4 cm³/mol. The van der Waals surface area contributed by atoms with Gasteiger partial charge < -0.3 is 4.74 Å². The van der Waals surface area contributed by atoms with Crippen molar-refractivity contribution >= 4 is 5.97 Å². The number of nitrogens with zero attached hydrogens (tertiary/aromatic N) is 1. The van der Waals surface area contributed by atoms with Crippen LogP contribution in [0.3, 0.4) is 0 Å². The van der Waals surface area contributed by atoms with E-state index in [0.29, 0.717) is 13.0 Å². The first kappa shape index (κ1) is 13.2. The smallest absolute Gasteiger partial charge is 0.323 e. The molecule has 3 nitrogen and oxygen atoms in total. The van der Waals surface area contributed by atoms with Gasteiger partial charge in [0.25, 0.3) is 0 Å². The third kappa shape index (κ3) is 3.60. The second kappa shape index (κ2) is 6.05. The number of aryl methyl sites for hydroxylation is 2. The van der Waals surface area contributed by atoms with Crippen molar-refractivity contribution in [2.75, 3.05) is 6.61 Å². The van der Waals surface area contributed by atoms with E-state index in [-0.39, 0.29) is 0 Å². The van der Waals surface area contributed by atoms with Gasteiger partial charge in [-0.1, -0.05) is 23.8 Å². The third-order valence-corrected chi connectivity index (χ3v) is 2.66. The average Bonchev–Trinajstić information content (AvgIpc) is 2.30. The summed E-state index contributed by atoms with van der Waals surface area (Å²) < 4.78 is 4.88. The van der Waals surface area contributed by atoms with Crippen molar-refractivity contribution < 1.29 is 9.53 Å². The van der Waals surface area contributed by atoms with Gasteiger partial charge in [0.05, 0.1) is 12.7 Å². The Hall–Kier alpha value is -1.82. The van der Waals surface area contributed by atoms with E-state index >= 15 is 0 Å². The lowest BCUT2D eigenvalue weighted by Gasteiger charge is -2.11. The molecule has 0 aliphatic heterocycles. The molecule has 1 aromatic carbocycles. The molecule has 90 valence electrons. The number of carbonyl (C=O) groups excluding carboxylic acids is 1. The number of hydrogen-bond acceptors (Lipinski definition) is 3. The van der Waals surface area contributed by atoms with Crippen LogP contribution in [0.15, 0.2) is 18.2 Å². The van der Waals surface area contributed by atoms with Crippen molar-refractivity contribution in [3.63, 3.8) is 0 Å². The maximum absolute atomic E-state index is 11.5. The number of ether oxygens (including phenoxy) is 1. The predicted octanol–water partition coefficient (Wildman–Crippen LogP) is 2.55. The minimum absolute atomic E-state index is 0.309. The Labute approximate surface area is 102 Å². The molecule has 17 heavy (non-hydrogen) atoms. The molecule has 0 aliphatic rings. The lowest BCUT2D eigenvalue weighted by molar-refractivity contribution is -0.145. The molecule has 0 fully saturated rings. The first-order valence-electron chi connectivity index (χ1n) is 5.70. The van der Waals surface area contributed by atoms with Crippen LogP contribution in [0, 0.1) is 31.1 Å². The molecule has 1 aromatic rings. The summed E-state index contributed by atoms with van der Waals surface area (Å²) in [5.74, 6) is -1.15. The zero-order valence-electron chi connectivity index (χ0n) is 10.5. The maximum atomic E-state index is 11.5. The molecule has 0 saturated heterocycles. The van der Waals surface area contributed by atoms with Gasteiger partial charge in [-0.3, -0.25) is 4.79 Å². The molecule has 0 aromatic heterocycles. The zero-order valence-corrected chi connectivity index (χ0v) is 10.5. The first-order valence-corrected chi connectivity index (χ1v) is 5.70. The number of rotatable bonds is 4. The second-order valence-corrected chi connectivity index (χ2v) is 4.07. The standard InChI is InChI=1S/C14H17NO2/c1-4-17-14(16)13(9-15)8-12-7-10(2)5-6-11(12)3/h5-7,13H,4,8H2,1-3H3. The molecule has 1 rings (SSSR count). The highest BCUT2D eigenvalue weighted by atomic mass is 16.5. The highest BCUT2D eigenvalue weighted by Gasteiger charge is 2.20. The van der Waals surface area contributed by atoms with Crippen LogP contribution in [0.5, 0.6) is 0 Å². The van der Waals surface area contributed by atoms with E-state index in [1.807, 2.05) is 38.1 Å². The van der Waals surface area contributed by atoms with E-state index in [2.05, 4.69) is 0 Å². The second-order valence-electron chi connectivity index (χ2n) is 4.07. The fourth-order valence-electron chi connectivity index (χ4n) is 1.66. The van der Waals surface area contributed by atoms with Gasteiger partial charge >= 0.3 is 5.97 Å². The van der Waals surface area contributed by atoms with Crippen LogP contribution < -0.4 is 0 Å². The maximum Gasteiger partial charge on any atom is 0.323 e. The van der Waals surface area contributed by atoms with E-state index in [0.717, 1.165) is 16.7 Å². The molecule has 0 bridgehead atoms. The van der Waals surface area contributed by atoms with Crippen LogP contribution in [-0.4, -0.2) is 12.6 Å². The Morgan fingerprint density at radius 1 is 1.47 bits per heavy atom. The molecule has 0 amide bonds. The van der Waals surface area contributed by atoms with Crippen LogP contribution in [-0.2, 0) is 16.0 Å². The monoisotopic (exact) mass is 231 g/mol.